The molecule has 0 nitrogen and oxygen atoms in total. The number of halogens is 5. The maximum atomic E-state index is 13.4. The van der Waals surface area contributed by atoms with Crippen LogP contribution in [0.1, 0.15) is 30.9 Å². The Balaban J connectivity index is 3.08. The lowest BCUT2D eigenvalue weighted by Crippen LogP contribution is -2.14. The second-order valence-electron chi connectivity index (χ2n) is 3.53. The van der Waals surface area contributed by atoms with Crippen LogP contribution in [-0.4, -0.2) is 0 Å². The maximum Gasteiger partial charge on any atom is 0.416 e. The minimum absolute atomic E-state index is 0.212. The van der Waals surface area contributed by atoms with Gasteiger partial charge in [0.25, 0.3) is 5.92 Å². The number of alkyl halides is 5. The first-order valence-electron chi connectivity index (χ1n) is 4.83. The maximum absolute atomic E-state index is 13.4. The molecular weight excluding hydrogens is 227 g/mol. The van der Waals surface area contributed by atoms with E-state index in [4.69, 9.17) is 0 Å². The number of rotatable bonds is 3. The fourth-order valence-electron chi connectivity index (χ4n) is 1.38. The van der Waals surface area contributed by atoms with Crippen molar-refractivity contribution in [3.63, 3.8) is 0 Å². The monoisotopic (exact) mass is 238 g/mol. The van der Waals surface area contributed by atoms with Crippen molar-refractivity contribution in [1.82, 2.24) is 0 Å². The van der Waals surface area contributed by atoms with E-state index in [2.05, 4.69) is 0 Å². The Morgan fingerprint density at radius 3 is 2.06 bits per heavy atom. The van der Waals surface area contributed by atoms with Crippen LogP contribution in [0.3, 0.4) is 0 Å². The largest absolute Gasteiger partial charge is 0.416 e. The van der Waals surface area contributed by atoms with Crippen molar-refractivity contribution >= 4 is 0 Å². The van der Waals surface area contributed by atoms with Crippen LogP contribution in [0, 0.1) is 0 Å². The first-order chi connectivity index (χ1) is 7.27. The molecule has 16 heavy (non-hydrogen) atoms. The highest BCUT2D eigenvalue weighted by Gasteiger charge is 2.35. The molecule has 0 spiro atoms. The molecule has 1 aromatic carbocycles. The zero-order valence-corrected chi connectivity index (χ0v) is 8.61. The molecule has 0 radical (unpaired) electrons. The van der Waals surface area contributed by atoms with E-state index in [9.17, 15) is 22.0 Å². The molecule has 0 unspecified atom stereocenters. The van der Waals surface area contributed by atoms with Crippen LogP contribution in [0.25, 0.3) is 0 Å². The van der Waals surface area contributed by atoms with Gasteiger partial charge in [-0.25, -0.2) is 8.78 Å². The third-order valence-corrected chi connectivity index (χ3v) is 2.18. The lowest BCUT2D eigenvalue weighted by molar-refractivity contribution is -0.137. The summed E-state index contributed by atoms with van der Waals surface area (Å²) in [6, 6.07) is 3.31. The molecule has 0 amide bonds. The van der Waals surface area contributed by atoms with Gasteiger partial charge in [-0.3, -0.25) is 0 Å². The van der Waals surface area contributed by atoms with Gasteiger partial charge in [0.1, 0.15) is 0 Å². The zero-order valence-electron chi connectivity index (χ0n) is 8.61. The molecule has 1 rings (SSSR count). The van der Waals surface area contributed by atoms with Gasteiger partial charge in [-0.05, 0) is 12.1 Å². The first-order valence-corrected chi connectivity index (χ1v) is 4.83. The highest BCUT2D eigenvalue weighted by Crippen LogP contribution is 2.36. The number of hydrogen-bond acceptors (Lipinski definition) is 0. The summed E-state index contributed by atoms with van der Waals surface area (Å²) < 4.78 is 63.6. The van der Waals surface area contributed by atoms with Gasteiger partial charge in [0.15, 0.2) is 0 Å². The van der Waals surface area contributed by atoms with Crippen LogP contribution >= 0.6 is 0 Å². The molecule has 0 saturated heterocycles. The van der Waals surface area contributed by atoms with E-state index in [1.165, 1.54) is 0 Å². The standard InChI is InChI=1S/C11H11F5/c1-2-6-10(12,13)8-4-3-5-9(7-8)11(14,15)16/h3-5,7H,2,6H2,1H3. The quantitative estimate of drug-likeness (QED) is 0.675. The van der Waals surface area contributed by atoms with Gasteiger partial charge < -0.3 is 0 Å². The molecule has 0 aliphatic rings. The van der Waals surface area contributed by atoms with Crippen LogP contribution in [0.2, 0.25) is 0 Å². The third-order valence-electron chi connectivity index (χ3n) is 2.18. The van der Waals surface area contributed by atoms with Crippen LogP contribution in [0.15, 0.2) is 24.3 Å². The summed E-state index contributed by atoms with van der Waals surface area (Å²) in [6.45, 7) is 1.56. The molecule has 0 atom stereocenters. The van der Waals surface area contributed by atoms with Gasteiger partial charge in [0.05, 0.1) is 5.56 Å². The second kappa shape index (κ2) is 4.39. The van der Waals surface area contributed by atoms with Gasteiger partial charge in [-0.2, -0.15) is 13.2 Å². The van der Waals surface area contributed by atoms with Crippen molar-refractivity contribution in [2.45, 2.75) is 31.9 Å². The van der Waals surface area contributed by atoms with E-state index in [1.807, 2.05) is 0 Å². The van der Waals surface area contributed by atoms with E-state index >= 15 is 0 Å². The van der Waals surface area contributed by atoms with Crippen molar-refractivity contribution in [2.75, 3.05) is 0 Å². The van der Waals surface area contributed by atoms with Crippen molar-refractivity contribution in [1.29, 1.82) is 0 Å². The summed E-state index contributed by atoms with van der Waals surface area (Å²) >= 11 is 0. The predicted octanol–water partition coefficient (Wildman–Crippen LogP) is 4.60. The van der Waals surface area contributed by atoms with Gasteiger partial charge in [-0.1, -0.05) is 25.5 Å². The summed E-state index contributed by atoms with van der Waals surface area (Å²) in [6.07, 6.45) is -4.82. The van der Waals surface area contributed by atoms with Crippen LogP contribution in [0.4, 0.5) is 22.0 Å². The van der Waals surface area contributed by atoms with Crippen LogP contribution in [-0.2, 0) is 12.1 Å². The smallest absolute Gasteiger partial charge is 0.201 e. The Morgan fingerprint density at radius 2 is 1.56 bits per heavy atom. The average Bonchev–Trinajstić information content (AvgIpc) is 2.16. The number of hydrogen-bond donors (Lipinski definition) is 0. The second-order valence-corrected chi connectivity index (χ2v) is 3.53. The van der Waals surface area contributed by atoms with Gasteiger partial charge in [0.2, 0.25) is 0 Å². The van der Waals surface area contributed by atoms with E-state index in [0.717, 1.165) is 18.2 Å². The molecule has 0 N–H and O–H groups in total. The lowest BCUT2D eigenvalue weighted by Gasteiger charge is -2.17. The molecule has 0 fully saturated rings. The molecule has 0 saturated carbocycles. The van der Waals surface area contributed by atoms with Gasteiger partial charge >= 0.3 is 6.18 Å². The summed E-state index contributed by atoms with van der Waals surface area (Å²) in [7, 11) is 0. The molecule has 0 heterocycles. The van der Waals surface area contributed by atoms with E-state index in [1.54, 1.807) is 6.92 Å². The summed E-state index contributed by atoms with van der Waals surface area (Å²) in [5, 5.41) is 0. The topological polar surface area (TPSA) is 0 Å². The predicted molar refractivity (Wildman–Crippen MR) is 50.2 cm³/mol. The highest BCUT2D eigenvalue weighted by atomic mass is 19.4. The van der Waals surface area contributed by atoms with Crippen molar-refractivity contribution in [2.24, 2.45) is 0 Å². The van der Waals surface area contributed by atoms with E-state index in [-0.39, 0.29) is 6.42 Å². The Kier molecular flexibility index (Phi) is 3.55. The molecular formula is C11H11F5. The van der Waals surface area contributed by atoms with Gasteiger partial charge in [0, 0.05) is 12.0 Å². The average molecular weight is 238 g/mol. The van der Waals surface area contributed by atoms with Crippen molar-refractivity contribution in [3.05, 3.63) is 35.4 Å². The Hall–Kier alpha value is -1.13. The minimum Gasteiger partial charge on any atom is -0.201 e. The fourth-order valence-corrected chi connectivity index (χ4v) is 1.38. The first kappa shape index (κ1) is 12.9. The minimum atomic E-state index is -4.59. The van der Waals surface area contributed by atoms with E-state index < -0.39 is 29.6 Å². The van der Waals surface area contributed by atoms with Gasteiger partial charge in [-0.15, -0.1) is 0 Å². The van der Waals surface area contributed by atoms with Crippen LogP contribution in [0.5, 0.6) is 0 Å². The SMILES string of the molecule is CCCC(F)(F)c1cccc(C(F)(F)F)c1. The summed E-state index contributed by atoms with van der Waals surface area (Å²) in [4.78, 5) is 0. The molecule has 0 bridgehead atoms. The van der Waals surface area contributed by atoms with Crippen molar-refractivity contribution < 1.29 is 22.0 Å². The van der Waals surface area contributed by atoms with Crippen molar-refractivity contribution in [3.8, 4) is 0 Å². The molecule has 1 aromatic rings. The third kappa shape index (κ3) is 2.93. The molecule has 0 aromatic heterocycles. The Morgan fingerprint density at radius 1 is 1.00 bits per heavy atom. The lowest BCUT2D eigenvalue weighted by atomic mass is 10.0. The molecule has 0 aliphatic heterocycles. The Bertz CT molecular complexity index is 354. The summed E-state index contributed by atoms with van der Waals surface area (Å²) in [5.74, 6) is -3.20. The summed E-state index contributed by atoms with van der Waals surface area (Å²) in [5.41, 5.74) is -1.62. The Labute approximate surface area is 90.1 Å². The number of benzene rings is 1. The highest BCUT2D eigenvalue weighted by molar-refractivity contribution is 5.28. The molecule has 5 heteroatoms. The normalized spacial score (nSPS) is 12.9. The molecule has 0 aliphatic carbocycles. The fraction of sp³-hybridized carbons (Fsp3) is 0.455. The zero-order chi connectivity index (χ0) is 12.4. The molecule has 90 valence electrons. The van der Waals surface area contributed by atoms with E-state index in [0.29, 0.717) is 6.07 Å². The van der Waals surface area contributed by atoms with Crippen LogP contribution < -0.4 is 0 Å².